The van der Waals surface area contributed by atoms with E-state index in [4.69, 9.17) is 5.73 Å². The molecule has 0 spiro atoms. The molecule has 0 fully saturated rings. The van der Waals surface area contributed by atoms with Gasteiger partial charge in [-0.1, -0.05) is 23.9 Å². The van der Waals surface area contributed by atoms with Gasteiger partial charge in [0.1, 0.15) is 0 Å². The summed E-state index contributed by atoms with van der Waals surface area (Å²) in [5.74, 6) is -0.0857. The van der Waals surface area contributed by atoms with Crippen molar-refractivity contribution in [2.45, 2.75) is 9.79 Å². The van der Waals surface area contributed by atoms with Crippen LogP contribution in [0.5, 0.6) is 0 Å². The monoisotopic (exact) mass is 242 g/mol. The Balaban J connectivity index is 2.17. The largest absolute Gasteiger partial charge is 0.399 e. The van der Waals surface area contributed by atoms with Gasteiger partial charge in [0.2, 0.25) is 0 Å². The Morgan fingerprint density at radius 1 is 1.06 bits per heavy atom. The molecule has 1 aliphatic rings. The van der Waals surface area contributed by atoms with E-state index in [0.29, 0.717) is 11.3 Å². The van der Waals surface area contributed by atoms with Crippen molar-refractivity contribution < 1.29 is 4.79 Å². The van der Waals surface area contributed by atoms with E-state index in [2.05, 4.69) is 5.32 Å². The number of amides is 1. The van der Waals surface area contributed by atoms with E-state index in [9.17, 15) is 4.79 Å². The number of carbonyl (C=O) groups excluding carboxylic acids is 1. The molecule has 17 heavy (non-hydrogen) atoms. The first-order valence-corrected chi connectivity index (χ1v) is 6.03. The molecule has 2 aromatic rings. The summed E-state index contributed by atoms with van der Waals surface area (Å²) < 4.78 is 0. The Morgan fingerprint density at radius 3 is 2.76 bits per heavy atom. The Morgan fingerprint density at radius 2 is 1.88 bits per heavy atom. The van der Waals surface area contributed by atoms with E-state index in [-0.39, 0.29) is 5.91 Å². The van der Waals surface area contributed by atoms with Crippen LogP contribution in [0.1, 0.15) is 10.4 Å². The number of nitrogen functional groups attached to an aromatic ring is 1. The van der Waals surface area contributed by atoms with E-state index in [1.54, 1.807) is 17.8 Å². The lowest BCUT2D eigenvalue weighted by molar-refractivity contribution is 0.102. The summed E-state index contributed by atoms with van der Waals surface area (Å²) in [6, 6.07) is 13.1. The predicted octanol–water partition coefficient (Wildman–Crippen LogP) is 2.99. The van der Waals surface area contributed by atoms with Crippen molar-refractivity contribution in [1.29, 1.82) is 0 Å². The average molecular weight is 242 g/mol. The van der Waals surface area contributed by atoms with Crippen molar-refractivity contribution in [3.05, 3.63) is 48.0 Å². The molecule has 0 aromatic heterocycles. The maximum Gasteiger partial charge on any atom is 0.256 e. The molecule has 1 heterocycles. The topological polar surface area (TPSA) is 55.1 Å². The fraction of sp³-hybridized carbons (Fsp3) is 0. The van der Waals surface area contributed by atoms with E-state index in [1.165, 1.54) is 0 Å². The van der Waals surface area contributed by atoms with Gasteiger partial charge < -0.3 is 11.1 Å². The Bertz CT molecular complexity index is 610. The first-order chi connectivity index (χ1) is 8.24. The highest BCUT2D eigenvalue weighted by atomic mass is 32.2. The van der Waals surface area contributed by atoms with Gasteiger partial charge in [0, 0.05) is 15.5 Å². The van der Waals surface area contributed by atoms with Gasteiger partial charge in [-0.25, -0.2) is 0 Å². The summed E-state index contributed by atoms with van der Waals surface area (Å²) in [4.78, 5) is 14.0. The van der Waals surface area contributed by atoms with Gasteiger partial charge >= 0.3 is 0 Å². The van der Waals surface area contributed by atoms with Gasteiger partial charge in [0.15, 0.2) is 0 Å². The van der Waals surface area contributed by atoms with Crippen LogP contribution >= 0.6 is 11.8 Å². The zero-order valence-electron chi connectivity index (χ0n) is 8.94. The molecule has 0 bridgehead atoms. The lowest BCUT2D eigenvalue weighted by Gasteiger charge is -2.06. The normalized spacial score (nSPS) is 13.3. The molecule has 2 aromatic carbocycles. The minimum absolute atomic E-state index is 0.0857. The van der Waals surface area contributed by atoms with Crippen LogP contribution in [-0.4, -0.2) is 5.91 Å². The summed E-state index contributed by atoms with van der Waals surface area (Å²) in [5, 5.41) is 2.88. The maximum atomic E-state index is 12.0. The smallest absolute Gasteiger partial charge is 0.256 e. The standard InChI is InChI=1S/C13H10N2OS/c14-8-5-6-12-10(7-8)15-13(16)9-3-1-2-4-11(9)17-12/h1-7H,14H2,(H,15,16). The molecule has 3 rings (SSSR count). The van der Waals surface area contributed by atoms with E-state index in [0.717, 1.165) is 15.5 Å². The molecule has 4 heteroatoms. The number of carbonyl (C=O) groups is 1. The van der Waals surface area contributed by atoms with Gasteiger partial charge in [0.25, 0.3) is 5.91 Å². The second-order valence-electron chi connectivity index (χ2n) is 3.81. The third-order valence-electron chi connectivity index (χ3n) is 2.60. The van der Waals surface area contributed by atoms with Crippen molar-refractivity contribution in [2.75, 3.05) is 11.1 Å². The number of nitrogens with one attached hydrogen (secondary N) is 1. The highest BCUT2D eigenvalue weighted by molar-refractivity contribution is 7.99. The van der Waals surface area contributed by atoms with Crippen molar-refractivity contribution in [2.24, 2.45) is 0 Å². The van der Waals surface area contributed by atoms with Crippen LogP contribution < -0.4 is 11.1 Å². The van der Waals surface area contributed by atoms with Crippen molar-refractivity contribution >= 4 is 29.0 Å². The third kappa shape index (κ3) is 1.76. The summed E-state index contributed by atoms with van der Waals surface area (Å²) in [7, 11) is 0. The fourth-order valence-electron chi connectivity index (χ4n) is 1.79. The van der Waals surface area contributed by atoms with Crippen LogP contribution in [0.25, 0.3) is 0 Å². The van der Waals surface area contributed by atoms with Crippen molar-refractivity contribution in [3.63, 3.8) is 0 Å². The van der Waals surface area contributed by atoms with E-state index < -0.39 is 0 Å². The highest BCUT2D eigenvalue weighted by Crippen LogP contribution is 2.39. The lowest BCUT2D eigenvalue weighted by Crippen LogP contribution is -2.11. The SMILES string of the molecule is Nc1ccc2c(c1)NC(=O)c1ccccc1S2. The minimum atomic E-state index is -0.0857. The Kier molecular flexibility index (Phi) is 2.30. The van der Waals surface area contributed by atoms with Gasteiger partial charge in [-0.15, -0.1) is 0 Å². The molecule has 1 aliphatic heterocycles. The van der Waals surface area contributed by atoms with Gasteiger partial charge in [0.05, 0.1) is 11.3 Å². The molecular weight excluding hydrogens is 232 g/mol. The second kappa shape index (κ2) is 3.82. The predicted molar refractivity (Wildman–Crippen MR) is 69.4 cm³/mol. The van der Waals surface area contributed by atoms with Gasteiger partial charge in [-0.3, -0.25) is 4.79 Å². The molecular formula is C13H10N2OS. The Hall–Kier alpha value is -1.94. The molecule has 0 aliphatic carbocycles. The number of rotatable bonds is 0. The Labute approximate surface area is 103 Å². The summed E-state index contributed by atoms with van der Waals surface area (Å²) >= 11 is 1.58. The molecule has 0 saturated carbocycles. The van der Waals surface area contributed by atoms with Gasteiger partial charge in [-0.2, -0.15) is 0 Å². The number of anilines is 2. The van der Waals surface area contributed by atoms with Crippen molar-refractivity contribution in [3.8, 4) is 0 Å². The molecule has 0 saturated heterocycles. The van der Waals surface area contributed by atoms with Crippen LogP contribution in [0.2, 0.25) is 0 Å². The second-order valence-corrected chi connectivity index (χ2v) is 4.89. The van der Waals surface area contributed by atoms with Crippen LogP contribution in [0.3, 0.4) is 0 Å². The lowest BCUT2D eigenvalue weighted by atomic mass is 10.2. The summed E-state index contributed by atoms with van der Waals surface area (Å²) in [5.41, 5.74) is 7.85. The van der Waals surface area contributed by atoms with Crippen LogP contribution in [0.4, 0.5) is 11.4 Å². The third-order valence-corrected chi connectivity index (χ3v) is 3.76. The summed E-state index contributed by atoms with van der Waals surface area (Å²) in [6.45, 7) is 0. The zero-order valence-corrected chi connectivity index (χ0v) is 9.75. The average Bonchev–Trinajstić information content (AvgIpc) is 2.46. The van der Waals surface area contributed by atoms with Crippen LogP contribution in [-0.2, 0) is 0 Å². The van der Waals surface area contributed by atoms with Crippen LogP contribution in [0, 0.1) is 0 Å². The number of hydrogen-bond acceptors (Lipinski definition) is 3. The highest BCUT2D eigenvalue weighted by Gasteiger charge is 2.19. The molecule has 0 unspecified atom stereocenters. The van der Waals surface area contributed by atoms with Crippen LogP contribution in [0.15, 0.2) is 52.3 Å². The van der Waals surface area contributed by atoms with E-state index >= 15 is 0 Å². The molecule has 84 valence electrons. The fourth-order valence-corrected chi connectivity index (χ4v) is 2.80. The number of hydrogen-bond donors (Lipinski definition) is 2. The molecule has 0 radical (unpaired) electrons. The first kappa shape index (κ1) is 10.2. The van der Waals surface area contributed by atoms with E-state index in [1.807, 2.05) is 36.4 Å². The molecule has 0 atom stereocenters. The molecule has 1 amide bonds. The first-order valence-electron chi connectivity index (χ1n) is 5.22. The maximum absolute atomic E-state index is 12.0. The van der Waals surface area contributed by atoms with Crippen molar-refractivity contribution in [1.82, 2.24) is 0 Å². The molecule has 3 nitrogen and oxygen atoms in total. The zero-order chi connectivity index (χ0) is 11.8. The quantitative estimate of drug-likeness (QED) is 0.698. The number of benzene rings is 2. The summed E-state index contributed by atoms with van der Waals surface area (Å²) in [6.07, 6.45) is 0. The number of fused-ring (bicyclic) bond motifs is 2. The minimum Gasteiger partial charge on any atom is -0.399 e. The van der Waals surface area contributed by atoms with Gasteiger partial charge in [-0.05, 0) is 30.3 Å². The number of nitrogens with two attached hydrogens (primary N) is 1. The molecule has 3 N–H and O–H groups in total.